The summed E-state index contributed by atoms with van der Waals surface area (Å²) in [6.45, 7) is 2.62. The molecule has 3 heterocycles. The molecule has 0 saturated heterocycles. The van der Waals surface area contributed by atoms with Gasteiger partial charge in [0, 0.05) is 25.1 Å². The Kier molecular flexibility index (Phi) is 5.16. The smallest absolute Gasteiger partial charge is 0.260 e. The van der Waals surface area contributed by atoms with Gasteiger partial charge in [-0.3, -0.25) is 19.6 Å². The van der Waals surface area contributed by atoms with Crippen LogP contribution in [0, 0.1) is 6.92 Å². The average Bonchev–Trinajstić information content (AvgIpc) is 2.75. The highest BCUT2D eigenvalue weighted by molar-refractivity contribution is 5.98. The number of benzene rings is 1. The van der Waals surface area contributed by atoms with E-state index in [0.29, 0.717) is 35.2 Å². The van der Waals surface area contributed by atoms with Crippen molar-refractivity contribution in [2.75, 3.05) is 0 Å². The first-order valence-corrected chi connectivity index (χ1v) is 9.33. The summed E-state index contributed by atoms with van der Waals surface area (Å²) in [5.74, 6) is -0.258. The summed E-state index contributed by atoms with van der Waals surface area (Å²) in [6, 6.07) is 16.9. The molecule has 4 aromatic rings. The summed E-state index contributed by atoms with van der Waals surface area (Å²) in [5, 5.41) is 3.31. The molecule has 0 bridgehead atoms. The van der Waals surface area contributed by atoms with Gasteiger partial charge < -0.3 is 9.88 Å². The minimum Gasteiger partial charge on any atom is -0.348 e. The third-order valence-electron chi connectivity index (χ3n) is 4.79. The third kappa shape index (κ3) is 4.06. The summed E-state index contributed by atoms with van der Waals surface area (Å²) in [7, 11) is 0. The fourth-order valence-corrected chi connectivity index (χ4v) is 3.22. The molecular formula is C23H20N4O2. The molecule has 6 heteroatoms. The Balaban J connectivity index is 1.64. The molecule has 1 amide bonds. The fourth-order valence-electron chi connectivity index (χ4n) is 3.22. The first-order valence-electron chi connectivity index (χ1n) is 9.33. The Morgan fingerprint density at radius 3 is 2.55 bits per heavy atom. The van der Waals surface area contributed by atoms with Gasteiger partial charge in [-0.15, -0.1) is 0 Å². The number of aromatic nitrogens is 3. The zero-order valence-corrected chi connectivity index (χ0v) is 16.0. The van der Waals surface area contributed by atoms with Crippen molar-refractivity contribution in [3.8, 4) is 0 Å². The van der Waals surface area contributed by atoms with Crippen LogP contribution in [0.5, 0.6) is 0 Å². The lowest BCUT2D eigenvalue weighted by molar-refractivity contribution is 0.0950. The van der Waals surface area contributed by atoms with Crippen molar-refractivity contribution in [3.63, 3.8) is 0 Å². The number of carbonyl (C=O) groups is 1. The van der Waals surface area contributed by atoms with Crippen LogP contribution in [-0.2, 0) is 13.1 Å². The normalized spacial score (nSPS) is 10.8. The van der Waals surface area contributed by atoms with E-state index >= 15 is 0 Å². The summed E-state index contributed by atoms with van der Waals surface area (Å²) in [5.41, 5.74) is 3.39. The second-order valence-corrected chi connectivity index (χ2v) is 6.83. The van der Waals surface area contributed by atoms with E-state index < -0.39 is 0 Å². The van der Waals surface area contributed by atoms with E-state index in [-0.39, 0.29) is 11.5 Å². The molecule has 0 saturated carbocycles. The fraction of sp³-hybridized carbons (Fsp3) is 0.130. The van der Waals surface area contributed by atoms with E-state index in [1.807, 2.05) is 48.5 Å². The lowest BCUT2D eigenvalue weighted by Crippen LogP contribution is -2.25. The van der Waals surface area contributed by atoms with Crippen LogP contribution >= 0.6 is 0 Å². The highest BCUT2D eigenvalue weighted by Gasteiger charge is 2.14. The number of hydrogen-bond donors (Lipinski definition) is 1. The quantitative estimate of drug-likeness (QED) is 0.574. The number of carbonyl (C=O) groups excluding carboxylic acids is 1. The summed E-state index contributed by atoms with van der Waals surface area (Å²) in [4.78, 5) is 34.1. The molecule has 0 unspecified atom stereocenters. The zero-order valence-electron chi connectivity index (χ0n) is 16.0. The molecule has 6 nitrogen and oxygen atoms in total. The molecule has 0 spiro atoms. The molecule has 1 N–H and O–H groups in total. The Morgan fingerprint density at radius 1 is 1.03 bits per heavy atom. The van der Waals surface area contributed by atoms with Crippen molar-refractivity contribution in [2.24, 2.45) is 0 Å². The molecule has 1 aromatic carbocycles. The first kappa shape index (κ1) is 18.6. The third-order valence-corrected chi connectivity index (χ3v) is 4.79. The summed E-state index contributed by atoms with van der Waals surface area (Å²) in [6.07, 6.45) is 5.10. The molecule has 3 aromatic heterocycles. The van der Waals surface area contributed by atoms with Crippen LogP contribution in [-0.4, -0.2) is 20.4 Å². The van der Waals surface area contributed by atoms with Gasteiger partial charge in [-0.1, -0.05) is 30.3 Å². The maximum atomic E-state index is 13.0. The molecule has 0 aliphatic heterocycles. The maximum absolute atomic E-state index is 13.0. The van der Waals surface area contributed by atoms with E-state index in [1.54, 1.807) is 36.1 Å². The topological polar surface area (TPSA) is 76.9 Å². The number of amides is 1. The van der Waals surface area contributed by atoms with Gasteiger partial charge in [0.25, 0.3) is 11.5 Å². The van der Waals surface area contributed by atoms with Gasteiger partial charge in [0.1, 0.15) is 0 Å². The number of rotatable bonds is 5. The Labute approximate surface area is 167 Å². The van der Waals surface area contributed by atoms with Crippen LogP contribution < -0.4 is 10.9 Å². The predicted octanol–water partition coefficient (Wildman–Crippen LogP) is 3.08. The van der Waals surface area contributed by atoms with Crippen LogP contribution in [0.3, 0.4) is 0 Å². The molecule has 0 radical (unpaired) electrons. The van der Waals surface area contributed by atoms with Crippen molar-refractivity contribution in [1.29, 1.82) is 0 Å². The standard InChI is InChI=1S/C23H20N4O2/c1-16-19(22(28)25-14-17-7-10-24-11-8-17)13-20-21(26-16)9-12-27(23(20)29)15-18-5-3-2-4-6-18/h2-13H,14-15H2,1H3,(H,25,28). The monoisotopic (exact) mass is 384 g/mol. The average molecular weight is 384 g/mol. The number of aryl methyl sites for hydroxylation is 1. The van der Waals surface area contributed by atoms with Gasteiger partial charge in [0.05, 0.1) is 28.7 Å². The maximum Gasteiger partial charge on any atom is 0.260 e. The molecule has 144 valence electrons. The van der Waals surface area contributed by atoms with Crippen LogP contribution in [0.4, 0.5) is 0 Å². The zero-order chi connectivity index (χ0) is 20.2. The highest BCUT2D eigenvalue weighted by Crippen LogP contribution is 2.14. The predicted molar refractivity (Wildman–Crippen MR) is 112 cm³/mol. The second-order valence-electron chi connectivity index (χ2n) is 6.83. The van der Waals surface area contributed by atoms with Crippen LogP contribution in [0.1, 0.15) is 27.2 Å². The van der Waals surface area contributed by atoms with Crippen LogP contribution in [0.15, 0.2) is 78.0 Å². The molecule has 0 atom stereocenters. The molecule has 0 aliphatic rings. The summed E-state index contributed by atoms with van der Waals surface area (Å²) >= 11 is 0. The first-order chi connectivity index (χ1) is 14.1. The van der Waals surface area contributed by atoms with Crippen molar-refractivity contribution < 1.29 is 4.79 Å². The minimum atomic E-state index is -0.258. The molecule has 29 heavy (non-hydrogen) atoms. The van der Waals surface area contributed by atoms with Gasteiger partial charge in [0.15, 0.2) is 0 Å². The Hall–Kier alpha value is -3.80. The second kappa shape index (κ2) is 8.06. The van der Waals surface area contributed by atoms with Gasteiger partial charge in [-0.05, 0) is 42.3 Å². The molecular weight excluding hydrogens is 364 g/mol. The molecule has 0 aliphatic carbocycles. The molecule has 0 fully saturated rings. The summed E-state index contributed by atoms with van der Waals surface area (Å²) < 4.78 is 1.63. The van der Waals surface area contributed by atoms with Gasteiger partial charge in [-0.2, -0.15) is 0 Å². The number of fused-ring (bicyclic) bond motifs is 1. The number of nitrogens with one attached hydrogen (secondary N) is 1. The van der Waals surface area contributed by atoms with Gasteiger partial charge in [-0.25, -0.2) is 0 Å². The van der Waals surface area contributed by atoms with Crippen molar-refractivity contribution >= 4 is 16.8 Å². The van der Waals surface area contributed by atoms with E-state index in [0.717, 1.165) is 11.1 Å². The lowest BCUT2D eigenvalue weighted by Gasteiger charge is -2.11. The Bertz CT molecular complexity index is 1220. The number of pyridine rings is 3. The SMILES string of the molecule is Cc1nc2ccn(Cc3ccccc3)c(=O)c2cc1C(=O)NCc1ccncc1. The van der Waals surface area contributed by atoms with Crippen molar-refractivity contribution in [2.45, 2.75) is 20.0 Å². The van der Waals surface area contributed by atoms with E-state index in [1.165, 1.54) is 0 Å². The Morgan fingerprint density at radius 2 is 1.79 bits per heavy atom. The molecule has 4 rings (SSSR count). The van der Waals surface area contributed by atoms with Gasteiger partial charge >= 0.3 is 0 Å². The van der Waals surface area contributed by atoms with Crippen molar-refractivity contribution in [3.05, 3.63) is 106 Å². The lowest BCUT2D eigenvalue weighted by atomic mass is 10.1. The van der Waals surface area contributed by atoms with Crippen molar-refractivity contribution in [1.82, 2.24) is 19.9 Å². The van der Waals surface area contributed by atoms with Gasteiger partial charge in [0.2, 0.25) is 0 Å². The number of hydrogen-bond acceptors (Lipinski definition) is 4. The largest absolute Gasteiger partial charge is 0.348 e. The van der Waals surface area contributed by atoms with E-state index in [2.05, 4.69) is 15.3 Å². The van der Waals surface area contributed by atoms with E-state index in [9.17, 15) is 9.59 Å². The minimum absolute atomic E-state index is 0.165. The number of nitrogens with zero attached hydrogens (tertiary/aromatic N) is 3. The van der Waals surface area contributed by atoms with E-state index in [4.69, 9.17) is 0 Å². The van der Waals surface area contributed by atoms with Crippen LogP contribution in [0.2, 0.25) is 0 Å². The highest BCUT2D eigenvalue weighted by atomic mass is 16.1. The van der Waals surface area contributed by atoms with Crippen LogP contribution in [0.25, 0.3) is 10.9 Å².